The van der Waals surface area contributed by atoms with Crippen LogP contribution in [0.3, 0.4) is 0 Å². The zero-order chi connectivity index (χ0) is 17.4. The molecule has 0 saturated carbocycles. The topological polar surface area (TPSA) is 41.6 Å². The Labute approximate surface area is 150 Å². The van der Waals surface area contributed by atoms with Crippen molar-refractivity contribution in [3.63, 3.8) is 0 Å². The van der Waals surface area contributed by atoms with E-state index in [4.69, 9.17) is 34.4 Å². The summed E-state index contributed by atoms with van der Waals surface area (Å²) in [6, 6.07) is 4.93. The average Bonchev–Trinajstić information content (AvgIpc) is 2.76. The molecule has 1 saturated heterocycles. The van der Waals surface area contributed by atoms with Crippen LogP contribution in [-0.4, -0.2) is 16.4 Å². The van der Waals surface area contributed by atoms with E-state index in [1.807, 2.05) is 20.8 Å². The van der Waals surface area contributed by atoms with Gasteiger partial charge in [-0.15, -0.1) is 6.42 Å². The molecule has 124 valence electrons. The van der Waals surface area contributed by atoms with Crippen molar-refractivity contribution in [1.29, 1.82) is 0 Å². The average molecular weight is 373 g/mol. The molecule has 7 heteroatoms. The number of benzene rings is 1. The van der Waals surface area contributed by atoms with E-state index in [0.29, 0.717) is 15.7 Å². The van der Waals surface area contributed by atoms with E-state index in [9.17, 15) is 4.79 Å². The molecule has 4 nitrogen and oxygen atoms in total. The summed E-state index contributed by atoms with van der Waals surface area (Å²) in [7, 11) is 0. The Bertz CT molecular complexity index is 669. The molecule has 2 rings (SSSR count). The molecular weight excluding hydrogens is 355 g/mol. The molecule has 0 radical (unpaired) electrons. The van der Waals surface area contributed by atoms with Crippen molar-refractivity contribution in [3.05, 3.63) is 28.2 Å². The van der Waals surface area contributed by atoms with E-state index in [1.54, 1.807) is 25.1 Å². The number of halogens is 2. The van der Waals surface area contributed by atoms with Crippen LogP contribution in [0.5, 0.6) is 0 Å². The summed E-state index contributed by atoms with van der Waals surface area (Å²) in [6.45, 7) is 7.67. The molecule has 0 spiro atoms. The fourth-order valence-electron chi connectivity index (χ4n) is 2.04. The monoisotopic (exact) mass is 372 g/mol. The van der Waals surface area contributed by atoms with Gasteiger partial charge in [0.05, 0.1) is 10.7 Å². The number of carbonyl (C=O) groups is 1. The first-order valence-corrected chi connectivity index (χ1v) is 8.57. The Kier molecular flexibility index (Phi) is 5.24. The van der Waals surface area contributed by atoms with Gasteiger partial charge in [-0.25, -0.2) is 5.01 Å². The largest absolute Gasteiger partial charge is 0.333 e. The number of amides is 1. The van der Waals surface area contributed by atoms with E-state index in [1.165, 1.54) is 5.01 Å². The summed E-state index contributed by atoms with van der Waals surface area (Å²) in [5.41, 5.74) is 3.24. The Balaban J connectivity index is 2.40. The van der Waals surface area contributed by atoms with Gasteiger partial charge in [0.2, 0.25) is 0 Å². The summed E-state index contributed by atoms with van der Waals surface area (Å²) < 4.78 is 5.98. The second-order valence-corrected chi connectivity index (χ2v) is 8.18. The highest BCUT2D eigenvalue weighted by atomic mass is 35.5. The maximum absolute atomic E-state index is 12.5. The predicted octanol–water partition coefficient (Wildman–Crippen LogP) is 4.91. The normalized spacial score (nSPS) is 23.0. The number of anilines is 1. The highest BCUT2D eigenvalue weighted by Crippen LogP contribution is 2.48. The lowest BCUT2D eigenvalue weighted by Gasteiger charge is -2.40. The van der Waals surface area contributed by atoms with Crippen LogP contribution in [0.2, 0.25) is 10.0 Å². The van der Waals surface area contributed by atoms with E-state index in [2.05, 4.69) is 11.3 Å². The van der Waals surface area contributed by atoms with Gasteiger partial charge in [-0.3, -0.25) is 4.79 Å². The Morgan fingerprint density at radius 2 is 2.09 bits per heavy atom. The van der Waals surface area contributed by atoms with Crippen molar-refractivity contribution >= 4 is 45.9 Å². The number of nitrogens with one attached hydrogen (secondary N) is 1. The zero-order valence-corrected chi connectivity index (χ0v) is 15.6. The molecule has 1 amide bonds. The summed E-state index contributed by atoms with van der Waals surface area (Å²) >= 11 is 13.2. The molecule has 1 fully saturated rings. The summed E-state index contributed by atoms with van der Waals surface area (Å²) in [5, 5.41) is 1.01. The van der Waals surface area contributed by atoms with Crippen LogP contribution in [0.4, 0.5) is 10.5 Å². The summed E-state index contributed by atoms with van der Waals surface area (Å²) in [5.74, 6) is 2.53. The first-order valence-electron chi connectivity index (χ1n) is 6.99. The lowest BCUT2D eigenvalue weighted by Crippen LogP contribution is -2.56. The summed E-state index contributed by atoms with van der Waals surface area (Å²) in [6.07, 6.45) is 4.97. The molecule has 0 aliphatic carbocycles. The molecule has 1 heterocycles. The van der Waals surface area contributed by atoms with Crippen molar-refractivity contribution < 1.29 is 9.53 Å². The number of terminal acetylenes is 1. The van der Waals surface area contributed by atoms with Crippen LogP contribution in [0.1, 0.15) is 27.7 Å². The number of nitrogens with zero attached hydrogens (tertiary/aromatic N) is 1. The van der Waals surface area contributed by atoms with E-state index in [0.717, 1.165) is 11.8 Å². The Morgan fingerprint density at radius 1 is 1.43 bits per heavy atom. The van der Waals surface area contributed by atoms with Crippen LogP contribution in [0.25, 0.3) is 0 Å². The van der Waals surface area contributed by atoms with E-state index in [-0.39, 0.29) is 5.24 Å². The lowest BCUT2D eigenvalue weighted by atomic mass is 9.93. The van der Waals surface area contributed by atoms with Gasteiger partial charge in [0, 0.05) is 10.4 Å². The number of carbonyl (C=O) groups excluding carboxylic acids is 1. The fraction of sp³-hybridized carbons (Fsp3) is 0.438. The van der Waals surface area contributed by atoms with Crippen LogP contribution >= 0.6 is 35.0 Å². The molecule has 1 aromatic rings. The standard InChI is InChI=1S/C16H18Cl2N2O2S/c1-6-10(2)22-16(15(3,4)5)19-20(14(21)23-16)13-8-7-11(17)9-12(13)18/h1,7-10,19H,2-5H3. The third kappa shape index (κ3) is 3.62. The molecule has 2 atom stereocenters. The van der Waals surface area contributed by atoms with Crippen LogP contribution in [-0.2, 0) is 4.74 Å². The van der Waals surface area contributed by atoms with Gasteiger partial charge < -0.3 is 4.74 Å². The van der Waals surface area contributed by atoms with Crippen molar-refractivity contribution in [3.8, 4) is 12.3 Å². The SMILES string of the molecule is C#CC(C)OC1(C(C)(C)C)NN(c2ccc(Cl)cc2Cl)C(=O)S1. The lowest BCUT2D eigenvalue weighted by molar-refractivity contribution is -0.0824. The first-order chi connectivity index (χ1) is 10.6. The molecule has 1 N–H and O–H groups in total. The number of hydrazine groups is 1. The minimum atomic E-state index is -1.00. The molecule has 1 aliphatic rings. The molecule has 23 heavy (non-hydrogen) atoms. The molecular formula is C16H18Cl2N2O2S. The second-order valence-electron chi connectivity index (χ2n) is 6.20. The zero-order valence-electron chi connectivity index (χ0n) is 13.3. The van der Waals surface area contributed by atoms with Crippen molar-refractivity contribution in [2.75, 3.05) is 5.01 Å². The Morgan fingerprint density at radius 3 is 2.61 bits per heavy atom. The third-order valence-corrected chi connectivity index (χ3v) is 5.37. The van der Waals surface area contributed by atoms with Gasteiger partial charge in [-0.1, -0.05) is 49.9 Å². The number of hydrogen-bond acceptors (Lipinski definition) is 4. The number of thioether (sulfide) groups is 1. The van der Waals surface area contributed by atoms with Crippen LogP contribution in [0.15, 0.2) is 18.2 Å². The highest BCUT2D eigenvalue weighted by Gasteiger charge is 2.54. The van der Waals surface area contributed by atoms with Crippen molar-refractivity contribution in [2.45, 2.75) is 38.9 Å². The van der Waals surface area contributed by atoms with Gasteiger partial charge >= 0.3 is 5.24 Å². The maximum atomic E-state index is 12.5. The fourth-order valence-corrected chi connectivity index (χ4v) is 3.65. The molecule has 1 aromatic carbocycles. The number of hydrogen-bond donors (Lipinski definition) is 1. The smallest absolute Gasteiger partial charge is 0.304 e. The Hall–Kier alpha value is -0.900. The third-order valence-electron chi connectivity index (χ3n) is 3.39. The molecule has 0 bridgehead atoms. The van der Waals surface area contributed by atoms with Crippen molar-refractivity contribution in [1.82, 2.24) is 5.43 Å². The minimum Gasteiger partial charge on any atom is -0.333 e. The van der Waals surface area contributed by atoms with Gasteiger partial charge in [-0.2, -0.15) is 5.43 Å². The highest BCUT2D eigenvalue weighted by molar-refractivity contribution is 8.15. The van der Waals surface area contributed by atoms with Crippen LogP contribution in [0, 0.1) is 17.8 Å². The van der Waals surface area contributed by atoms with Gasteiger partial charge in [0.15, 0.2) is 5.06 Å². The van der Waals surface area contributed by atoms with Crippen LogP contribution < -0.4 is 10.4 Å². The van der Waals surface area contributed by atoms with E-state index >= 15 is 0 Å². The van der Waals surface area contributed by atoms with Gasteiger partial charge in [0.25, 0.3) is 0 Å². The quantitative estimate of drug-likeness (QED) is 0.765. The predicted molar refractivity (Wildman–Crippen MR) is 96.6 cm³/mol. The maximum Gasteiger partial charge on any atom is 0.304 e. The molecule has 0 aromatic heterocycles. The summed E-state index contributed by atoms with van der Waals surface area (Å²) in [4.78, 5) is 12.5. The number of rotatable bonds is 3. The minimum absolute atomic E-state index is 0.228. The second kappa shape index (κ2) is 6.54. The first kappa shape index (κ1) is 18.4. The number of ether oxygens (including phenoxy) is 1. The van der Waals surface area contributed by atoms with Gasteiger partial charge in [-0.05, 0) is 36.9 Å². The van der Waals surface area contributed by atoms with Crippen molar-refractivity contribution in [2.24, 2.45) is 5.41 Å². The van der Waals surface area contributed by atoms with Gasteiger partial charge in [0.1, 0.15) is 6.10 Å². The molecule has 1 aliphatic heterocycles. The van der Waals surface area contributed by atoms with E-state index < -0.39 is 16.6 Å². The molecule has 2 unspecified atom stereocenters.